The minimum Gasteiger partial charge on any atom is -0.315 e. The van der Waals surface area contributed by atoms with E-state index in [4.69, 9.17) is 0 Å². The fourth-order valence-electron chi connectivity index (χ4n) is 1.69. The molecule has 0 amide bonds. The molecule has 0 radical (unpaired) electrons. The molecule has 5 heteroatoms. The van der Waals surface area contributed by atoms with E-state index in [0.717, 1.165) is 19.5 Å². The van der Waals surface area contributed by atoms with E-state index in [0.29, 0.717) is 12.6 Å². The monoisotopic (exact) mass is 182 g/mol. The van der Waals surface area contributed by atoms with E-state index in [1.165, 1.54) is 4.68 Å². The van der Waals surface area contributed by atoms with Gasteiger partial charge in [-0.05, 0) is 19.9 Å². The van der Waals surface area contributed by atoms with E-state index in [2.05, 4.69) is 10.4 Å². The van der Waals surface area contributed by atoms with Crippen molar-refractivity contribution in [3.05, 3.63) is 16.8 Å². The molecule has 13 heavy (non-hydrogen) atoms. The highest BCUT2D eigenvalue weighted by atomic mass is 16.2. The fraction of sp³-hybridized carbons (Fsp3) is 0.750. The summed E-state index contributed by atoms with van der Waals surface area (Å²) in [5.74, 6) is 0. The molecule has 1 fully saturated rings. The number of hydrogen-bond acceptors (Lipinski definition) is 3. The van der Waals surface area contributed by atoms with Crippen molar-refractivity contribution in [1.29, 1.82) is 0 Å². The topological polar surface area (TPSA) is 51.9 Å². The first-order valence-electron chi connectivity index (χ1n) is 4.67. The molecule has 1 aliphatic rings. The molecule has 1 unspecified atom stereocenters. The van der Waals surface area contributed by atoms with Gasteiger partial charge in [0, 0.05) is 13.1 Å². The van der Waals surface area contributed by atoms with Crippen LogP contribution in [0.15, 0.2) is 11.1 Å². The van der Waals surface area contributed by atoms with E-state index in [1.807, 2.05) is 6.92 Å². The van der Waals surface area contributed by atoms with Crippen LogP contribution >= 0.6 is 0 Å². The number of aryl methyl sites for hydroxylation is 1. The molecule has 1 aromatic rings. The van der Waals surface area contributed by atoms with E-state index in [-0.39, 0.29) is 5.69 Å². The van der Waals surface area contributed by atoms with Gasteiger partial charge < -0.3 is 5.32 Å². The largest absolute Gasteiger partial charge is 0.345 e. The summed E-state index contributed by atoms with van der Waals surface area (Å²) in [4.78, 5) is 11.6. The normalized spacial score (nSPS) is 22.4. The highest BCUT2D eigenvalue weighted by Gasteiger charge is 2.18. The molecule has 1 saturated heterocycles. The van der Waals surface area contributed by atoms with Crippen molar-refractivity contribution in [2.45, 2.75) is 25.9 Å². The smallest absolute Gasteiger partial charge is 0.315 e. The molecule has 1 aliphatic heterocycles. The lowest BCUT2D eigenvalue weighted by atomic mass is 10.3. The first-order valence-corrected chi connectivity index (χ1v) is 4.67. The Morgan fingerprint density at radius 2 is 2.62 bits per heavy atom. The Kier molecular flexibility index (Phi) is 2.18. The van der Waals surface area contributed by atoms with Gasteiger partial charge in [-0.3, -0.25) is 4.57 Å². The second kappa shape index (κ2) is 3.33. The third kappa shape index (κ3) is 1.39. The average molecular weight is 182 g/mol. The Balaban J connectivity index is 2.29. The zero-order chi connectivity index (χ0) is 9.26. The van der Waals surface area contributed by atoms with Crippen molar-refractivity contribution in [2.24, 2.45) is 0 Å². The molecule has 0 aliphatic carbocycles. The summed E-state index contributed by atoms with van der Waals surface area (Å²) in [7, 11) is 0. The standard InChI is InChI=1S/C8H14N4O/c1-2-12-8(13)11(6-10-12)7-3-4-9-5-7/h6-7,9H,2-5H2,1H3. The number of nitrogens with zero attached hydrogens (tertiary/aromatic N) is 3. The third-order valence-corrected chi connectivity index (χ3v) is 2.48. The maximum atomic E-state index is 11.6. The minimum absolute atomic E-state index is 0.0104. The van der Waals surface area contributed by atoms with Crippen LogP contribution in [0.5, 0.6) is 0 Å². The maximum Gasteiger partial charge on any atom is 0.345 e. The molecular formula is C8H14N4O. The summed E-state index contributed by atoms with van der Waals surface area (Å²) >= 11 is 0. The number of rotatable bonds is 2. The van der Waals surface area contributed by atoms with Crippen molar-refractivity contribution >= 4 is 0 Å². The molecule has 0 bridgehead atoms. The zero-order valence-electron chi connectivity index (χ0n) is 7.73. The van der Waals surface area contributed by atoms with E-state index >= 15 is 0 Å². The molecule has 2 rings (SSSR count). The minimum atomic E-state index is 0.0104. The van der Waals surface area contributed by atoms with Gasteiger partial charge in [0.05, 0.1) is 6.04 Å². The summed E-state index contributed by atoms with van der Waals surface area (Å²) in [5, 5.41) is 7.25. The van der Waals surface area contributed by atoms with Gasteiger partial charge in [0.25, 0.3) is 0 Å². The van der Waals surface area contributed by atoms with Crippen LogP contribution in [0.3, 0.4) is 0 Å². The van der Waals surface area contributed by atoms with Crippen molar-refractivity contribution in [1.82, 2.24) is 19.7 Å². The second-order valence-corrected chi connectivity index (χ2v) is 3.28. The second-order valence-electron chi connectivity index (χ2n) is 3.28. The van der Waals surface area contributed by atoms with Crippen LogP contribution in [0.25, 0.3) is 0 Å². The number of aromatic nitrogens is 3. The molecule has 1 aromatic heterocycles. The lowest BCUT2D eigenvalue weighted by molar-refractivity contribution is 0.514. The predicted molar refractivity (Wildman–Crippen MR) is 48.7 cm³/mol. The van der Waals surface area contributed by atoms with Gasteiger partial charge in [0.1, 0.15) is 6.33 Å². The highest BCUT2D eigenvalue weighted by molar-refractivity contribution is 4.81. The SMILES string of the molecule is CCn1ncn(C2CCNC2)c1=O. The van der Waals surface area contributed by atoms with E-state index < -0.39 is 0 Å². The van der Waals surface area contributed by atoms with Crippen LogP contribution < -0.4 is 11.0 Å². The van der Waals surface area contributed by atoms with E-state index in [1.54, 1.807) is 10.9 Å². The molecule has 2 heterocycles. The number of nitrogens with one attached hydrogen (secondary N) is 1. The van der Waals surface area contributed by atoms with Crippen LogP contribution in [-0.2, 0) is 6.54 Å². The molecule has 1 atom stereocenters. The average Bonchev–Trinajstić information content (AvgIpc) is 2.72. The van der Waals surface area contributed by atoms with Gasteiger partial charge in [-0.15, -0.1) is 0 Å². The van der Waals surface area contributed by atoms with Crippen LogP contribution in [0.1, 0.15) is 19.4 Å². The lowest BCUT2D eigenvalue weighted by Gasteiger charge is -2.06. The molecule has 5 nitrogen and oxygen atoms in total. The summed E-state index contributed by atoms with van der Waals surface area (Å²) in [6.45, 7) is 4.45. The first-order chi connectivity index (χ1) is 6.33. The molecule has 0 aromatic carbocycles. The van der Waals surface area contributed by atoms with Crippen molar-refractivity contribution in [2.75, 3.05) is 13.1 Å². The molecule has 0 saturated carbocycles. The quantitative estimate of drug-likeness (QED) is 0.677. The Hall–Kier alpha value is -1.10. The van der Waals surface area contributed by atoms with Crippen LogP contribution in [0.2, 0.25) is 0 Å². The molecule has 1 N–H and O–H groups in total. The Labute approximate surface area is 76.4 Å². The van der Waals surface area contributed by atoms with Gasteiger partial charge in [-0.25, -0.2) is 9.48 Å². The third-order valence-electron chi connectivity index (χ3n) is 2.48. The Bertz CT molecular complexity index is 334. The van der Waals surface area contributed by atoms with Gasteiger partial charge in [-0.2, -0.15) is 5.10 Å². The maximum absolute atomic E-state index is 11.6. The summed E-state index contributed by atoms with van der Waals surface area (Å²) in [5.41, 5.74) is 0.0104. The van der Waals surface area contributed by atoms with Crippen LogP contribution in [-0.4, -0.2) is 27.4 Å². The van der Waals surface area contributed by atoms with Gasteiger partial charge in [0.2, 0.25) is 0 Å². The zero-order valence-corrected chi connectivity index (χ0v) is 7.73. The Morgan fingerprint density at radius 3 is 3.15 bits per heavy atom. The predicted octanol–water partition coefficient (Wildman–Crippen LogP) is -0.401. The van der Waals surface area contributed by atoms with Crippen LogP contribution in [0.4, 0.5) is 0 Å². The molecule has 0 spiro atoms. The van der Waals surface area contributed by atoms with E-state index in [9.17, 15) is 4.79 Å². The first kappa shape index (κ1) is 8.50. The van der Waals surface area contributed by atoms with Crippen molar-refractivity contribution in [3.63, 3.8) is 0 Å². The summed E-state index contributed by atoms with van der Waals surface area (Å²) in [6.07, 6.45) is 2.67. The molecular weight excluding hydrogens is 168 g/mol. The van der Waals surface area contributed by atoms with Crippen molar-refractivity contribution in [3.8, 4) is 0 Å². The van der Waals surface area contributed by atoms with Crippen LogP contribution in [0, 0.1) is 0 Å². The van der Waals surface area contributed by atoms with Crippen molar-refractivity contribution < 1.29 is 0 Å². The summed E-state index contributed by atoms with van der Waals surface area (Å²) < 4.78 is 3.21. The van der Waals surface area contributed by atoms with Gasteiger partial charge >= 0.3 is 5.69 Å². The van der Waals surface area contributed by atoms with Gasteiger partial charge in [0.15, 0.2) is 0 Å². The number of hydrogen-bond donors (Lipinski definition) is 1. The summed E-state index contributed by atoms with van der Waals surface area (Å²) in [6, 6.07) is 0.299. The van der Waals surface area contributed by atoms with Gasteiger partial charge in [-0.1, -0.05) is 0 Å². The Morgan fingerprint density at radius 1 is 1.77 bits per heavy atom. The highest BCUT2D eigenvalue weighted by Crippen LogP contribution is 2.11. The fourth-order valence-corrected chi connectivity index (χ4v) is 1.69. The lowest BCUT2D eigenvalue weighted by Crippen LogP contribution is -2.28. The molecule has 72 valence electrons.